The molecule has 1 fully saturated rings. The minimum atomic E-state index is 0. The van der Waals surface area contributed by atoms with Crippen molar-refractivity contribution in [2.24, 2.45) is 16.8 Å². The molecule has 0 amide bonds. The third kappa shape index (κ3) is 12.9. The first-order valence-electron chi connectivity index (χ1n) is 8.40. The molecule has 7 heteroatoms. The van der Waals surface area contributed by atoms with Crippen molar-refractivity contribution in [1.82, 2.24) is 10.6 Å². The van der Waals surface area contributed by atoms with E-state index in [0.717, 1.165) is 64.9 Å². The van der Waals surface area contributed by atoms with Crippen molar-refractivity contribution in [2.45, 2.75) is 26.7 Å². The second-order valence-electron chi connectivity index (χ2n) is 6.05. The number of halogens is 1. The second kappa shape index (κ2) is 15.4. The zero-order valence-electron chi connectivity index (χ0n) is 14.8. The molecule has 1 rings (SSSR count). The van der Waals surface area contributed by atoms with Gasteiger partial charge in [-0.25, -0.2) is 0 Å². The maximum absolute atomic E-state index is 5.67. The lowest BCUT2D eigenvalue weighted by atomic mass is 10.1. The summed E-state index contributed by atoms with van der Waals surface area (Å²) >= 11 is 0. The standard InChI is InChI=1S/C16H33N3O3.HI/c1-14(2)11-22-10-7-19-16(17-3)18-6-4-8-20-12-15-5-9-21-13-15;/h14-15H,4-13H2,1-3H3,(H2,17,18,19);1H. The van der Waals surface area contributed by atoms with Gasteiger partial charge in [0, 0.05) is 45.9 Å². The monoisotopic (exact) mass is 443 g/mol. The molecule has 2 N–H and O–H groups in total. The maximum Gasteiger partial charge on any atom is 0.191 e. The van der Waals surface area contributed by atoms with Crippen LogP contribution in [0, 0.1) is 11.8 Å². The van der Waals surface area contributed by atoms with Crippen molar-refractivity contribution in [1.29, 1.82) is 0 Å². The fraction of sp³-hybridized carbons (Fsp3) is 0.938. The van der Waals surface area contributed by atoms with Crippen LogP contribution in [-0.4, -0.2) is 65.7 Å². The highest BCUT2D eigenvalue weighted by Gasteiger charge is 2.15. The fourth-order valence-electron chi connectivity index (χ4n) is 2.13. The number of hydrogen-bond donors (Lipinski definition) is 2. The lowest BCUT2D eigenvalue weighted by Gasteiger charge is -2.13. The van der Waals surface area contributed by atoms with Gasteiger partial charge in [-0.15, -0.1) is 24.0 Å². The van der Waals surface area contributed by atoms with Gasteiger partial charge in [-0.05, 0) is 18.8 Å². The molecule has 1 unspecified atom stereocenters. The van der Waals surface area contributed by atoms with E-state index in [-0.39, 0.29) is 24.0 Å². The van der Waals surface area contributed by atoms with Crippen LogP contribution in [0.25, 0.3) is 0 Å². The molecule has 0 spiro atoms. The predicted molar refractivity (Wildman–Crippen MR) is 105 cm³/mol. The van der Waals surface area contributed by atoms with E-state index < -0.39 is 0 Å². The molecular formula is C16H34IN3O3. The zero-order valence-corrected chi connectivity index (χ0v) is 17.1. The summed E-state index contributed by atoms with van der Waals surface area (Å²) in [6.07, 6.45) is 2.10. The normalized spacial score (nSPS) is 18.1. The summed E-state index contributed by atoms with van der Waals surface area (Å²) in [4.78, 5) is 4.18. The first kappa shape index (κ1) is 22.9. The molecule has 0 bridgehead atoms. The minimum absolute atomic E-state index is 0. The highest BCUT2D eigenvalue weighted by Crippen LogP contribution is 2.12. The Morgan fingerprint density at radius 3 is 2.65 bits per heavy atom. The van der Waals surface area contributed by atoms with Crippen LogP contribution < -0.4 is 10.6 Å². The summed E-state index contributed by atoms with van der Waals surface area (Å²) in [5.41, 5.74) is 0. The van der Waals surface area contributed by atoms with E-state index in [1.165, 1.54) is 0 Å². The van der Waals surface area contributed by atoms with Crippen molar-refractivity contribution in [2.75, 3.05) is 59.8 Å². The van der Waals surface area contributed by atoms with Crippen LogP contribution in [0.15, 0.2) is 4.99 Å². The van der Waals surface area contributed by atoms with E-state index in [9.17, 15) is 0 Å². The van der Waals surface area contributed by atoms with E-state index in [1.807, 2.05) is 0 Å². The molecule has 0 saturated carbocycles. The Balaban J connectivity index is 0.00000484. The minimum Gasteiger partial charge on any atom is -0.381 e. The van der Waals surface area contributed by atoms with E-state index in [1.54, 1.807) is 7.05 Å². The molecular weight excluding hydrogens is 409 g/mol. The van der Waals surface area contributed by atoms with Gasteiger partial charge >= 0.3 is 0 Å². The van der Waals surface area contributed by atoms with Gasteiger partial charge in [-0.3, -0.25) is 4.99 Å². The second-order valence-corrected chi connectivity index (χ2v) is 6.05. The first-order chi connectivity index (χ1) is 10.7. The fourth-order valence-corrected chi connectivity index (χ4v) is 2.13. The highest BCUT2D eigenvalue weighted by molar-refractivity contribution is 14.0. The van der Waals surface area contributed by atoms with Crippen LogP contribution in [0.3, 0.4) is 0 Å². The Morgan fingerprint density at radius 1 is 1.22 bits per heavy atom. The van der Waals surface area contributed by atoms with Gasteiger partial charge in [-0.1, -0.05) is 13.8 Å². The molecule has 1 atom stereocenters. The summed E-state index contributed by atoms with van der Waals surface area (Å²) in [6.45, 7) is 10.8. The van der Waals surface area contributed by atoms with E-state index in [0.29, 0.717) is 18.4 Å². The van der Waals surface area contributed by atoms with Gasteiger partial charge in [0.05, 0.1) is 19.8 Å². The van der Waals surface area contributed by atoms with Crippen LogP contribution in [0.4, 0.5) is 0 Å². The molecule has 0 aromatic carbocycles. The van der Waals surface area contributed by atoms with Gasteiger partial charge in [0.2, 0.25) is 0 Å². The van der Waals surface area contributed by atoms with Crippen LogP contribution in [-0.2, 0) is 14.2 Å². The smallest absolute Gasteiger partial charge is 0.191 e. The molecule has 1 heterocycles. The van der Waals surface area contributed by atoms with Gasteiger partial charge in [0.1, 0.15) is 0 Å². The molecule has 1 saturated heterocycles. The van der Waals surface area contributed by atoms with E-state index in [2.05, 4.69) is 29.5 Å². The Bertz CT molecular complexity index is 298. The van der Waals surface area contributed by atoms with Gasteiger partial charge in [0.15, 0.2) is 5.96 Å². The SMILES string of the molecule is CN=C(NCCCOCC1CCOC1)NCCOCC(C)C.I. The number of aliphatic imine (C=N–C) groups is 1. The van der Waals surface area contributed by atoms with Gasteiger partial charge in [0.25, 0.3) is 0 Å². The Kier molecular flexibility index (Phi) is 15.3. The van der Waals surface area contributed by atoms with Crippen LogP contribution in [0.2, 0.25) is 0 Å². The summed E-state index contributed by atoms with van der Waals surface area (Å²) in [7, 11) is 1.78. The summed E-state index contributed by atoms with van der Waals surface area (Å²) in [5.74, 6) is 1.99. The number of hydrogen-bond acceptors (Lipinski definition) is 4. The molecule has 138 valence electrons. The molecule has 0 radical (unpaired) electrons. The number of nitrogens with one attached hydrogen (secondary N) is 2. The molecule has 0 aliphatic carbocycles. The van der Waals surface area contributed by atoms with Crippen molar-refractivity contribution in [3.63, 3.8) is 0 Å². The van der Waals surface area contributed by atoms with Crippen molar-refractivity contribution in [3.05, 3.63) is 0 Å². The number of ether oxygens (including phenoxy) is 3. The Labute approximate surface area is 158 Å². The molecule has 1 aliphatic heterocycles. The van der Waals surface area contributed by atoms with E-state index in [4.69, 9.17) is 14.2 Å². The van der Waals surface area contributed by atoms with Crippen LogP contribution >= 0.6 is 24.0 Å². The first-order valence-corrected chi connectivity index (χ1v) is 8.40. The van der Waals surface area contributed by atoms with Crippen LogP contribution in [0.5, 0.6) is 0 Å². The van der Waals surface area contributed by atoms with Crippen molar-refractivity contribution in [3.8, 4) is 0 Å². The third-order valence-electron chi connectivity index (χ3n) is 3.35. The van der Waals surface area contributed by atoms with Crippen LogP contribution in [0.1, 0.15) is 26.7 Å². The molecule has 1 aliphatic rings. The number of guanidine groups is 1. The largest absolute Gasteiger partial charge is 0.381 e. The van der Waals surface area contributed by atoms with Crippen molar-refractivity contribution < 1.29 is 14.2 Å². The van der Waals surface area contributed by atoms with Gasteiger partial charge in [-0.2, -0.15) is 0 Å². The average Bonchev–Trinajstić information content (AvgIpc) is 3.01. The Hall–Kier alpha value is -0.120. The molecule has 0 aromatic heterocycles. The predicted octanol–water partition coefficient (Wildman–Crippen LogP) is 1.89. The van der Waals surface area contributed by atoms with E-state index >= 15 is 0 Å². The summed E-state index contributed by atoms with van der Waals surface area (Å²) in [6, 6.07) is 0. The third-order valence-corrected chi connectivity index (χ3v) is 3.35. The summed E-state index contributed by atoms with van der Waals surface area (Å²) in [5, 5.41) is 6.51. The quantitative estimate of drug-likeness (QED) is 0.221. The van der Waals surface area contributed by atoms with Gasteiger partial charge < -0.3 is 24.8 Å². The maximum atomic E-state index is 5.67. The topological polar surface area (TPSA) is 64.1 Å². The lowest BCUT2D eigenvalue weighted by molar-refractivity contribution is 0.0887. The molecule has 6 nitrogen and oxygen atoms in total. The molecule has 23 heavy (non-hydrogen) atoms. The lowest BCUT2D eigenvalue weighted by Crippen LogP contribution is -2.39. The molecule has 0 aromatic rings. The number of rotatable bonds is 11. The highest BCUT2D eigenvalue weighted by atomic mass is 127. The van der Waals surface area contributed by atoms with Crippen molar-refractivity contribution >= 4 is 29.9 Å². The number of nitrogens with zero attached hydrogens (tertiary/aromatic N) is 1. The zero-order chi connectivity index (χ0) is 16.0. The summed E-state index contributed by atoms with van der Waals surface area (Å²) < 4.78 is 16.5. The average molecular weight is 443 g/mol. The Morgan fingerprint density at radius 2 is 2.00 bits per heavy atom.